The van der Waals surface area contributed by atoms with Gasteiger partial charge in [-0.15, -0.1) is 0 Å². The molecule has 1 saturated heterocycles. The Kier molecular flexibility index (Phi) is 7.31. The van der Waals surface area contributed by atoms with E-state index in [4.69, 9.17) is 27.9 Å². The second-order valence-electron chi connectivity index (χ2n) is 5.81. The molecule has 144 valence electrons. The molecule has 0 unspecified atom stereocenters. The van der Waals surface area contributed by atoms with Crippen molar-refractivity contribution in [2.45, 2.75) is 25.5 Å². The topological polar surface area (TPSA) is 95.9 Å². The molecule has 0 radical (unpaired) electrons. The Hall–Kier alpha value is -1.32. The summed E-state index contributed by atoms with van der Waals surface area (Å²) in [4.78, 5) is 13.9. The highest BCUT2D eigenvalue weighted by Crippen LogP contribution is 2.31. The minimum Gasteiger partial charge on any atom is -0.482 e. The van der Waals surface area contributed by atoms with Crippen LogP contribution in [0, 0.1) is 0 Å². The molecule has 10 heteroatoms. The van der Waals surface area contributed by atoms with E-state index in [0.29, 0.717) is 36.5 Å². The van der Waals surface area contributed by atoms with Crippen LogP contribution in [0.2, 0.25) is 10.0 Å². The van der Waals surface area contributed by atoms with Gasteiger partial charge in [-0.25, -0.2) is 13.1 Å². The number of nitrogens with one attached hydrogen (secondary N) is 1. The predicted octanol–water partition coefficient (Wildman–Crippen LogP) is 1.92. The summed E-state index contributed by atoms with van der Waals surface area (Å²) < 4.78 is 30.9. The molecule has 1 aromatic carbocycles. The van der Waals surface area contributed by atoms with E-state index < -0.39 is 10.0 Å². The quantitative estimate of drug-likeness (QED) is 0.699. The molecule has 2 rings (SSSR count). The maximum atomic E-state index is 12.3. The van der Waals surface area contributed by atoms with Crippen molar-refractivity contribution >= 4 is 39.1 Å². The summed E-state index contributed by atoms with van der Waals surface area (Å²) in [6, 6.07) is 2.72. The van der Waals surface area contributed by atoms with Gasteiger partial charge in [0, 0.05) is 29.6 Å². The third-order valence-corrected chi connectivity index (χ3v) is 5.77. The van der Waals surface area contributed by atoms with Gasteiger partial charge in [0.25, 0.3) is 5.91 Å². The van der Waals surface area contributed by atoms with Crippen molar-refractivity contribution in [1.29, 1.82) is 0 Å². The van der Waals surface area contributed by atoms with Crippen LogP contribution in [0.5, 0.6) is 5.75 Å². The molecule has 0 saturated carbocycles. The smallest absolute Gasteiger partial charge is 0.260 e. The normalized spacial score (nSPS) is 15.7. The van der Waals surface area contributed by atoms with E-state index in [2.05, 4.69) is 11.3 Å². The molecule has 0 bridgehead atoms. The zero-order chi connectivity index (χ0) is 19.3. The summed E-state index contributed by atoms with van der Waals surface area (Å²) in [6.07, 6.45) is 1.02. The fraction of sp³-hybridized carbons (Fsp3) is 0.438. The summed E-state index contributed by atoms with van der Waals surface area (Å²) in [6.45, 7) is 3.61. The fourth-order valence-corrected chi connectivity index (χ4v) is 3.85. The maximum absolute atomic E-state index is 12.3. The largest absolute Gasteiger partial charge is 0.482 e. The summed E-state index contributed by atoms with van der Waals surface area (Å²) in [5.74, 6) is 0.0358. The van der Waals surface area contributed by atoms with Crippen molar-refractivity contribution in [3.8, 4) is 5.75 Å². The number of amides is 1. The molecule has 0 aromatic heterocycles. The van der Waals surface area contributed by atoms with E-state index >= 15 is 0 Å². The zero-order valence-corrected chi connectivity index (χ0v) is 16.3. The van der Waals surface area contributed by atoms with Gasteiger partial charge in [-0.05, 0) is 30.5 Å². The first kappa shape index (κ1) is 21.0. The van der Waals surface area contributed by atoms with Gasteiger partial charge in [0.05, 0.1) is 11.6 Å². The van der Waals surface area contributed by atoms with Gasteiger partial charge in [-0.1, -0.05) is 29.8 Å². The van der Waals surface area contributed by atoms with Gasteiger partial charge in [-0.3, -0.25) is 4.79 Å². The average Bonchev–Trinajstić information content (AvgIpc) is 2.61. The molecule has 0 aliphatic carbocycles. The number of benzene rings is 1. The predicted molar refractivity (Wildman–Crippen MR) is 99.7 cm³/mol. The third kappa shape index (κ3) is 5.59. The van der Waals surface area contributed by atoms with Crippen LogP contribution in [0.1, 0.15) is 18.4 Å². The van der Waals surface area contributed by atoms with Gasteiger partial charge in [0.15, 0.2) is 6.61 Å². The molecule has 0 spiro atoms. The van der Waals surface area contributed by atoms with E-state index in [1.165, 1.54) is 12.1 Å². The highest BCUT2D eigenvalue weighted by atomic mass is 35.5. The molecule has 26 heavy (non-hydrogen) atoms. The highest BCUT2D eigenvalue weighted by molar-refractivity contribution is 7.92. The van der Waals surface area contributed by atoms with E-state index in [9.17, 15) is 18.3 Å². The number of hydrogen-bond donors (Lipinski definition) is 2. The van der Waals surface area contributed by atoms with Gasteiger partial charge >= 0.3 is 0 Å². The van der Waals surface area contributed by atoms with Crippen molar-refractivity contribution in [2.75, 3.05) is 19.7 Å². The van der Waals surface area contributed by atoms with E-state index in [1.54, 1.807) is 4.90 Å². The number of hydrogen-bond acceptors (Lipinski definition) is 5. The molecule has 1 aliphatic rings. The molecule has 1 fully saturated rings. The number of nitrogens with zero attached hydrogens (tertiary/aromatic N) is 1. The van der Waals surface area contributed by atoms with Crippen molar-refractivity contribution < 1.29 is 23.1 Å². The Balaban J connectivity index is 1.87. The summed E-state index contributed by atoms with van der Waals surface area (Å²) in [5, 5.41) is 10.7. The molecule has 1 amide bonds. The Bertz CT molecular complexity index is 777. The zero-order valence-electron chi connectivity index (χ0n) is 14.0. The highest BCUT2D eigenvalue weighted by Gasteiger charge is 2.25. The number of aliphatic hydroxyl groups is 1. The lowest BCUT2D eigenvalue weighted by molar-refractivity contribution is -0.134. The van der Waals surface area contributed by atoms with Crippen LogP contribution in [0.15, 0.2) is 24.1 Å². The minimum absolute atomic E-state index is 0.213. The first-order valence-corrected chi connectivity index (χ1v) is 10.2. The number of aliphatic hydroxyl groups excluding tert-OH is 1. The molecule has 2 N–H and O–H groups in total. The SMILES string of the molecule is C=CS(=O)(=O)NC1CCN(C(=O)COc2cc(CO)c(Cl)cc2Cl)CC1. The Morgan fingerprint density at radius 1 is 1.35 bits per heavy atom. The minimum atomic E-state index is -3.48. The molecule has 1 aromatic rings. The van der Waals surface area contributed by atoms with Gasteiger partial charge in [0.1, 0.15) is 5.75 Å². The Morgan fingerprint density at radius 3 is 2.58 bits per heavy atom. The van der Waals surface area contributed by atoms with E-state index in [0.717, 1.165) is 5.41 Å². The van der Waals surface area contributed by atoms with Crippen LogP contribution in [0.25, 0.3) is 0 Å². The van der Waals surface area contributed by atoms with Crippen molar-refractivity contribution in [1.82, 2.24) is 9.62 Å². The van der Waals surface area contributed by atoms with Crippen LogP contribution < -0.4 is 9.46 Å². The monoisotopic (exact) mass is 422 g/mol. The standard InChI is InChI=1S/C16H20Cl2N2O5S/c1-2-26(23,24)19-12-3-5-20(6-4-12)16(22)10-25-15-7-11(9-21)13(17)8-14(15)18/h2,7-8,12,19,21H,1,3-6,9-10H2. The molecular formula is C16H20Cl2N2O5S. The maximum Gasteiger partial charge on any atom is 0.260 e. The number of rotatable bonds is 7. The van der Waals surface area contributed by atoms with Crippen molar-refractivity contribution in [3.63, 3.8) is 0 Å². The van der Waals surface area contributed by atoms with Gasteiger partial charge in [-0.2, -0.15) is 0 Å². The van der Waals surface area contributed by atoms with Crippen molar-refractivity contribution in [3.05, 3.63) is 39.7 Å². The second-order valence-corrected chi connectivity index (χ2v) is 8.28. The van der Waals surface area contributed by atoms with Gasteiger partial charge < -0.3 is 14.7 Å². The van der Waals surface area contributed by atoms with E-state index in [-0.39, 0.29) is 35.9 Å². The van der Waals surface area contributed by atoms with Crippen LogP contribution >= 0.6 is 23.2 Å². The summed E-state index contributed by atoms with van der Waals surface area (Å²) in [5.41, 5.74) is 0.453. The number of carbonyl (C=O) groups excluding carboxylic acids is 1. The third-order valence-electron chi connectivity index (χ3n) is 4.02. The summed E-state index contributed by atoms with van der Waals surface area (Å²) >= 11 is 12.0. The Labute approximate surface area is 162 Å². The lowest BCUT2D eigenvalue weighted by atomic mass is 10.1. The van der Waals surface area contributed by atoms with E-state index in [1.807, 2.05) is 0 Å². The van der Waals surface area contributed by atoms with Crippen molar-refractivity contribution in [2.24, 2.45) is 0 Å². The van der Waals surface area contributed by atoms with Crippen LogP contribution in [-0.2, 0) is 21.4 Å². The first-order valence-electron chi connectivity index (χ1n) is 7.90. The summed E-state index contributed by atoms with van der Waals surface area (Å²) in [7, 11) is -3.48. The van der Waals surface area contributed by atoms with Crippen LogP contribution in [-0.4, -0.2) is 50.1 Å². The Morgan fingerprint density at radius 2 is 2.00 bits per heavy atom. The molecule has 0 atom stereocenters. The van der Waals surface area contributed by atoms with Crippen LogP contribution in [0.4, 0.5) is 0 Å². The number of sulfonamides is 1. The molecule has 1 heterocycles. The van der Waals surface area contributed by atoms with Gasteiger partial charge in [0.2, 0.25) is 10.0 Å². The molecule has 1 aliphatic heterocycles. The lowest BCUT2D eigenvalue weighted by Crippen LogP contribution is -2.47. The number of piperidine rings is 1. The molecular weight excluding hydrogens is 403 g/mol. The molecule has 7 nitrogen and oxygen atoms in total. The average molecular weight is 423 g/mol. The second kappa shape index (κ2) is 9.05. The number of likely N-dealkylation sites (tertiary alicyclic amines) is 1. The number of halogens is 2. The number of carbonyl (C=O) groups is 1. The lowest BCUT2D eigenvalue weighted by Gasteiger charge is -2.32. The fourth-order valence-electron chi connectivity index (χ4n) is 2.56. The first-order chi connectivity index (χ1) is 12.3. The van der Waals surface area contributed by atoms with Crippen LogP contribution in [0.3, 0.4) is 0 Å². The number of ether oxygens (including phenoxy) is 1.